The first kappa shape index (κ1) is 16.9. The van der Waals surface area contributed by atoms with Crippen LogP contribution in [0.25, 0.3) is 0 Å². The van der Waals surface area contributed by atoms with Crippen molar-refractivity contribution in [2.75, 3.05) is 39.9 Å². The Bertz CT molecular complexity index is 778. The van der Waals surface area contributed by atoms with E-state index in [2.05, 4.69) is 36.2 Å². The smallest absolute Gasteiger partial charge is 0.227 e. The van der Waals surface area contributed by atoms with Gasteiger partial charge in [-0.1, -0.05) is 36.4 Å². The molecule has 2 aliphatic rings. The van der Waals surface area contributed by atoms with Gasteiger partial charge in [-0.3, -0.25) is 9.69 Å². The van der Waals surface area contributed by atoms with Crippen LogP contribution in [0.5, 0.6) is 11.5 Å². The lowest BCUT2D eigenvalue weighted by atomic mass is 10.0. The third-order valence-electron chi connectivity index (χ3n) is 5.15. The van der Waals surface area contributed by atoms with E-state index in [1.165, 1.54) is 5.56 Å². The second-order valence-electron chi connectivity index (χ2n) is 6.90. The number of hydrogen-bond donors (Lipinski definition) is 0. The van der Waals surface area contributed by atoms with Crippen LogP contribution < -0.4 is 9.47 Å². The molecule has 0 N–H and O–H groups in total. The minimum absolute atomic E-state index is 0.163. The summed E-state index contributed by atoms with van der Waals surface area (Å²) in [5.41, 5.74) is 2.22. The quantitative estimate of drug-likeness (QED) is 0.851. The van der Waals surface area contributed by atoms with Gasteiger partial charge in [-0.05, 0) is 30.3 Å². The summed E-state index contributed by atoms with van der Waals surface area (Å²) in [5, 5.41) is 0. The van der Waals surface area contributed by atoms with Crippen molar-refractivity contribution in [2.24, 2.45) is 0 Å². The molecule has 2 heterocycles. The fourth-order valence-electron chi connectivity index (χ4n) is 3.62. The van der Waals surface area contributed by atoms with Gasteiger partial charge in [-0.25, -0.2) is 0 Å². The Morgan fingerprint density at radius 1 is 1.04 bits per heavy atom. The first-order valence-corrected chi connectivity index (χ1v) is 9.12. The second kappa shape index (κ2) is 7.38. The second-order valence-corrected chi connectivity index (χ2v) is 6.90. The monoisotopic (exact) mass is 352 g/mol. The minimum atomic E-state index is 0.163. The molecular weight excluding hydrogens is 328 g/mol. The molecule has 2 aromatic rings. The molecule has 1 saturated heterocycles. The Kier molecular flexibility index (Phi) is 4.80. The van der Waals surface area contributed by atoms with Crippen LogP contribution in [0.15, 0.2) is 48.5 Å². The van der Waals surface area contributed by atoms with Gasteiger partial charge in [0.15, 0.2) is 11.5 Å². The van der Waals surface area contributed by atoms with Crippen molar-refractivity contribution < 1.29 is 14.3 Å². The molecule has 1 amide bonds. The van der Waals surface area contributed by atoms with E-state index in [4.69, 9.17) is 9.47 Å². The molecule has 136 valence electrons. The highest BCUT2D eigenvalue weighted by molar-refractivity contribution is 5.79. The Morgan fingerprint density at radius 3 is 2.62 bits per heavy atom. The molecule has 1 atom stereocenters. The number of piperazine rings is 1. The normalized spacial score (nSPS) is 20.0. The summed E-state index contributed by atoms with van der Waals surface area (Å²) < 4.78 is 11.2. The molecule has 26 heavy (non-hydrogen) atoms. The average Bonchev–Trinajstić information content (AvgIpc) is 2.69. The zero-order valence-electron chi connectivity index (χ0n) is 15.1. The molecule has 2 aliphatic heterocycles. The van der Waals surface area contributed by atoms with Crippen molar-refractivity contribution in [1.82, 2.24) is 9.80 Å². The Hall–Kier alpha value is -2.53. The maximum Gasteiger partial charge on any atom is 0.227 e. The molecule has 0 spiro atoms. The summed E-state index contributed by atoms with van der Waals surface area (Å²) in [6, 6.07) is 16.4. The maximum absolute atomic E-state index is 12.9. The molecule has 5 nitrogen and oxygen atoms in total. The van der Waals surface area contributed by atoms with Gasteiger partial charge in [0, 0.05) is 19.6 Å². The SMILES string of the molecule is CN1CCN(C(=O)Cc2ccc3c(c2)OCCO3)CC1c1ccccc1. The van der Waals surface area contributed by atoms with Crippen LogP contribution in [-0.4, -0.2) is 55.6 Å². The number of rotatable bonds is 3. The molecule has 0 aromatic heterocycles. The van der Waals surface area contributed by atoms with E-state index in [1.807, 2.05) is 29.2 Å². The summed E-state index contributed by atoms with van der Waals surface area (Å²) in [4.78, 5) is 17.2. The number of benzene rings is 2. The van der Waals surface area contributed by atoms with Gasteiger partial charge in [0.05, 0.1) is 12.5 Å². The van der Waals surface area contributed by atoms with Crippen LogP contribution in [0.1, 0.15) is 17.2 Å². The largest absolute Gasteiger partial charge is 0.486 e. The van der Waals surface area contributed by atoms with Crippen molar-refractivity contribution in [3.8, 4) is 11.5 Å². The molecule has 2 aromatic carbocycles. The number of nitrogens with zero attached hydrogens (tertiary/aromatic N) is 2. The van der Waals surface area contributed by atoms with Gasteiger partial charge < -0.3 is 14.4 Å². The van der Waals surface area contributed by atoms with Gasteiger partial charge in [-0.2, -0.15) is 0 Å². The summed E-state index contributed by atoms with van der Waals surface area (Å²) in [7, 11) is 2.13. The third kappa shape index (κ3) is 3.53. The molecule has 0 saturated carbocycles. The highest BCUT2D eigenvalue weighted by Crippen LogP contribution is 2.31. The van der Waals surface area contributed by atoms with Gasteiger partial charge in [-0.15, -0.1) is 0 Å². The predicted molar refractivity (Wildman–Crippen MR) is 99.5 cm³/mol. The van der Waals surface area contributed by atoms with Crippen molar-refractivity contribution in [3.05, 3.63) is 59.7 Å². The van der Waals surface area contributed by atoms with Crippen LogP contribution in [0.3, 0.4) is 0 Å². The number of likely N-dealkylation sites (N-methyl/N-ethyl adjacent to an activating group) is 1. The number of ether oxygens (including phenoxy) is 2. The molecule has 0 radical (unpaired) electrons. The Labute approximate surface area is 154 Å². The molecule has 1 fully saturated rings. The number of carbonyl (C=O) groups excluding carboxylic acids is 1. The van der Waals surface area contributed by atoms with Gasteiger partial charge in [0.1, 0.15) is 13.2 Å². The number of amides is 1. The Balaban J connectivity index is 1.44. The maximum atomic E-state index is 12.9. The van der Waals surface area contributed by atoms with Crippen molar-refractivity contribution in [1.29, 1.82) is 0 Å². The molecule has 1 unspecified atom stereocenters. The molecule has 5 heteroatoms. The summed E-state index contributed by atoms with van der Waals surface area (Å²) >= 11 is 0. The number of carbonyl (C=O) groups is 1. The lowest BCUT2D eigenvalue weighted by molar-refractivity contribution is -0.133. The van der Waals surface area contributed by atoms with Crippen molar-refractivity contribution in [3.63, 3.8) is 0 Å². The van der Waals surface area contributed by atoms with E-state index in [0.717, 1.165) is 36.7 Å². The topological polar surface area (TPSA) is 42.0 Å². The molecule has 0 aliphatic carbocycles. The molecule has 4 rings (SSSR count). The lowest BCUT2D eigenvalue weighted by Gasteiger charge is -2.39. The van der Waals surface area contributed by atoms with Crippen LogP contribution in [0.2, 0.25) is 0 Å². The fourth-order valence-corrected chi connectivity index (χ4v) is 3.62. The molecular formula is C21H24N2O3. The number of hydrogen-bond acceptors (Lipinski definition) is 4. The van der Waals surface area contributed by atoms with Crippen LogP contribution >= 0.6 is 0 Å². The van der Waals surface area contributed by atoms with E-state index in [1.54, 1.807) is 0 Å². The third-order valence-corrected chi connectivity index (χ3v) is 5.15. The highest BCUT2D eigenvalue weighted by Gasteiger charge is 2.28. The van der Waals surface area contributed by atoms with Crippen molar-refractivity contribution >= 4 is 5.91 Å². The van der Waals surface area contributed by atoms with Crippen molar-refractivity contribution in [2.45, 2.75) is 12.5 Å². The predicted octanol–water partition coefficient (Wildman–Crippen LogP) is 2.52. The minimum Gasteiger partial charge on any atom is -0.486 e. The van der Waals surface area contributed by atoms with Crippen LogP contribution in [0, 0.1) is 0 Å². The summed E-state index contributed by atoms with van der Waals surface area (Å²) in [5.74, 6) is 1.66. The highest BCUT2D eigenvalue weighted by atomic mass is 16.6. The van der Waals surface area contributed by atoms with E-state index in [9.17, 15) is 4.79 Å². The lowest BCUT2D eigenvalue weighted by Crippen LogP contribution is -2.49. The number of fused-ring (bicyclic) bond motifs is 1. The van der Waals surface area contributed by atoms with E-state index in [-0.39, 0.29) is 11.9 Å². The Morgan fingerprint density at radius 2 is 1.81 bits per heavy atom. The van der Waals surface area contributed by atoms with E-state index >= 15 is 0 Å². The van der Waals surface area contributed by atoms with Gasteiger partial charge >= 0.3 is 0 Å². The van der Waals surface area contributed by atoms with E-state index < -0.39 is 0 Å². The standard InChI is InChI=1S/C21H24N2O3/c1-22-9-10-23(15-18(22)17-5-3-2-4-6-17)21(24)14-16-7-8-19-20(13-16)26-12-11-25-19/h2-8,13,18H,9-12,14-15H2,1H3. The van der Waals surface area contributed by atoms with Gasteiger partial charge in [0.2, 0.25) is 5.91 Å². The average molecular weight is 352 g/mol. The fraction of sp³-hybridized carbons (Fsp3) is 0.381. The zero-order chi connectivity index (χ0) is 17.9. The van der Waals surface area contributed by atoms with Crippen LogP contribution in [-0.2, 0) is 11.2 Å². The first-order chi connectivity index (χ1) is 12.7. The molecule has 0 bridgehead atoms. The summed E-state index contributed by atoms with van der Waals surface area (Å²) in [6.45, 7) is 3.51. The summed E-state index contributed by atoms with van der Waals surface area (Å²) in [6.07, 6.45) is 0.391. The van der Waals surface area contributed by atoms with Crippen LogP contribution in [0.4, 0.5) is 0 Å². The first-order valence-electron chi connectivity index (χ1n) is 9.12. The zero-order valence-corrected chi connectivity index (χ0v) is 15.1. The van der Waals surface area contributed by atoms with Gasteiger partial charge in [0.25, 0.3) is 0 Å². The van der Waals surface area contributed by atoms with E-state index in [0.29, 0.717) is 19.6 Å².